The number of rotatable bonds is 2. The van der Waals surface area contributed by atoms with Crippen molar-refractivity contribution in [1.29, 1.82) is 0 Å². The third-order valence-corrected chi connectivity index (χ3v) is 8.43. The van der Waals surface area contributed by atoms with Gasteiger partial charge in [-0.3, -0.25) is 0 Å². The molecule has 0 aliphatic carbocycles. The highest BCUT2D eigenvalue weighted by Gasteiger charge is 2.20. The van der Waals surface area contributed by atoms with Gasteiger partial charge in [-0.1, -0.05) is 97.1 Å². The molecule has 2 aromatic heterocycles. The topological polar surface area (TPSA) is 4.41 Å². The van der Waals surface area contributed by atoms with Gasteiger partial charge in [0.05, 0.1) is 16.6 Å². The molecule has 0 fully saturated rings. The minimum atomic E-state index is 1.24. The Morgan fingerprint density at radius 1 is 0.308 bits per heavy atom. The van der Waals surface area contributed by atoms with Crippen molar-refractivity contribution in [2.75, 3.05) is 0 Å². The van der Waals surface area contributed by atoms with Crippen LogP contribution in [0.1, 0.15) is 0 Å². The van der Waals surface area contributed by atoms with Gasteiger partial charge in [-0.2, -0.15) is 0 Å². The zero-order valence-corrected chi connectivity index (χ0v) is 21.2. The molecule has 0 atom stereocenters. The molecular formula is C38H23N. The Morgan fingerprint density at radius 2 is 0.769 bits per heavy atom. The third-order valence-electron chi connectivity index (χ3n) is 8.43. The van der Waals surface area contributed by atoms with Crippen molar-refractivity contribution in [2.45, 2.75) is 0 Å². The Morgan fingerprint density at radius 3 is 1.33 bits per heavy atom. The van der Waals surface area contributed by atoms with E-state index in [4.69, 9.17) is 0 Å². The molecule has 1 heteroatoms. The number of aromatic nitrogens is 1. The van der Waals surface area contributed by atoms with Crippen molar-refractivity contribution >= 4 is 59.6 Å². The quantitative estimate of drug-likeness (QED) is 0.226. The van der Waals surface area contributed by atoms with Crippen LogP contribution in [-0.2, 0) is 0 Å². The van der Waals surface area contributed by atoms with Gasteiger partial charge in [-0.25, -0.2) is 0 Å². The second-order valence-corrected chi connectivity index (χ2v) is 10.6. The highest BCUT2D eigenvalue weighted by Crippen LogP contribution is 2.44. The van der Waals surface area contributed by atoms with Gasteiger partial charge in [-0.05, 0) is 86.3 Å². The number of nitrogens with zero attached hydrogens (tertiary/aromatic N) is 1. The number of fused-ring (bicyclic) bond motifs is 8. The first kappa shape index (κ1) is 20.9. The van der Waals surface area contributed by atoms with E-state index < -0.39 is 0 Å². The molecule has 2 heterocycles. The highest BCUT2D eigenvalue weighted by atomic mass is 14.9. The van der Waals surface area contributed by atoms with Crippen molar-refractivity contribution < 1.29 is 0 Å². The molecular weight excluding hydrogens is 470 g/mol. The Balaban J connectivity index is 1.44. The predicted molar refractivity (Wildman–Crippen MR) is 167 cm³/mol. The summed E-state index contributed by atoms with van der Waals surface area (Å²) in [5.74, 6) is 0. The van der Waals surface area contributed by atoms with Crippen LogP contribution in [0.4, 0.5) is 0 Å². The van der Waals surface area contributed by atoms with Crippen LogP contribution in [0.15, 0.2) is 140 Å². The van der Waals surface area contributed by atoms with E-state index in [1.807, 2.05) is 0 Å². The number of hydrogen-bond donors (Lipinski definition) is 0. The average molecular weight is 494 g/mol. The highest BCUT2D eigenvalue weighted by molar-refractivity contribution is 6.27. The molecule has 1 nitrogen and oxygen atoms in total. The first-order valence-electron chi connectivity index (χ1n) is 13.5. The van der Waals surface area contributed by atoms with Gasteiger partial charge in [0, 0.05) is 21.5 Å². The monoisotopic (exact) mass is 493 g/mol. The van der Waals surface area contributed by atoms with E-state index >= 15 is 0 Å². The lowest BCUT2D eigenvalue weighted by atomic mass is 9.95. The average Bonchev–Trinajstić information content (AvgIpc) is 3.49. The summed E-state index contributed by atoms with van der Waals surface area (Å²) in [6, 6.07) is 51.3. The molecule has 9 aromatic rings. The van der Waals surface area contributed by atoms with Crippen LogP contribution in [0.2, 0.25) is 0 Å². The summed E-state index contributed by atoms with van der Waals surface area (Å²) in [7, 11) is 0. The zero-order valence-electron chi connectivity index (χ0n) is 21.2. The molecule has 0 saturated carbocycles. The lowest BCUT2D eigenvalue weighted by molar-refractivity contribution is 1.38. The number of hydrogen-bond acceptors (Lipinski definition) is 0. The van der Waals surface area contributed by atoms with E-state index in [9.17, 15) is 0 Å². The van der Waals surface area contributed by atoms with E-state index in [-0.39, 0.29) is 0 Å². The van der Waals surface area contributed by atoms with Crippen molar-refractivity contribution in [3.8, 4) is 22.3 Å². The Bertz CT molecular complexity index is 2250. The van der Waals surface area contributed by atoms with Gasteiger partial charge < -0.3 is 4.40 Å². The molecule has 0 radical (unpaired) electrons. The molecule has 0 spiro atoms. The molecule has 39 heavy (non-hydrogen) atoms. The van der Waals surface area contributed by atoms with Crippen LogP contribution in [0.5, 0.6) is 0 Å². The van der Waals surface area contributed by atoms with Gasteiger partial charge in [0.15, 0.2) is 0 Å². The maximum atomic E-state index is 2.50. The molecule has 7 aromatic carbocycles. The van der Waals surface area contributed by atoms with Crippen LogP contribution >= 0.6 is 0 Å². The summed E-state index contributed by atoms with van der Waals surface area (Å²) in [6.45, 7) is 0. The molecule has 0 aliphatic rings. The minimum Gasteiger partial charge on any atom is -0.308 e. The van der Waals surface area contributed by atoms with Crippen molar-refractivity contribution in [3.05, 3.63) is 140 Å². The van der Waals surface area contributed by atoms with E-state index in [1.165, 1.54) is 81.9 Å². The van der Waals surface area contributed by atoms with Gasteiger partial charge in [0.2, 0.25) is 0 Å². The second-order valence-electron chi connectivity index (χ2n) is 10.6. The van der Waals surface area contributed by atoms with Crippen molar-refractivity contribution in [1.82, 2.24) is 4.40 Å². The molecule has 0 amide bonds. The first-order valence-corrected chi connectivity index (χ1v) is 13.5. The van der Waals surface area contributed by atoms with Gasteiger partial charge >= 0.3 is 0 Å². The normalized spacial score (nSPS) is 12.1. The van der Waals surface area contributed by atoms with E-state index in [0.29, 0.717) is 0 Å². The summed E-state index contributed by atoms with van der Waals surface area (Å²) in [6.07, 6.45) is 0. The predicted octanol–water partition coefficient (Wildman–Crippen LogP) is 10.5. The van der Waals surface area contributed by atoms with Gasteiger partial charge in [0.25, 0.3) is 0 Å². The van der Waals surface area contributed by atoms with Crippen LogP contribution in [-0.4, -0.2) is 4.40 Å². The minimum absolute atomic E-state index is 1.24. The smallest absolute Gasteiger partial charge is 0.0620 e. The van der Waals surface area contributed by atoms with Crippen LogP contribution < -0.4 is 0 Å². The largest absolute Gasteiger partial charge is 0.308 e. The summed E-state index contributed by atoms with van der Waals surface area (Å²) in [5.41, 5.74) is 8.83. The fraction of sp³-hybridized carbons (Fsp3) is 0. The van der Waals surface area contributed by atoms with Crippen LogP contribution in [0.25, 0.3) is 81.9 Å². The zero-order chi connectivity index (χ0) is 25.5. The van der Waals surface area contributed by atoms with E-state index in [1.54, 1.807) is 0 Å². The lowest BCUT2D eigenvalue weighted by Gasteiger charge is -2.08. The summed E-state index contributed by atoms with van der Waals surface area (Å²) >= 11 is 0. The molecule has 0 bridgehead atoms. The maximum absolute atomic E-state index is 2.50. The molecule has 9 rings (SSSR count). The summed E-state index contributed by atoms with van der Waals surface area (Å²) in [4.78, 5) is 0. The fourth-order valence-corrected chi connectivity index (χ4v) is 6.59. The maximum Gasteiger partial charge on any atom is 0.0620 e. The summed E-state index contributed by atoms with van der Waals surface area (Å²) in [5, 5.41) is 10.4. The molecule has 0 N–H and O–H groups in total. The van der Waals surface area contributed by atoms with Crippen LogP contribution in [0.3, 0.4) is 0 Å². The SMILES string of the molecule is c1ccc(-c2cccc(-c3cc4c5cc6ccccc6cc5n5c6cc7ccccc7cc6c(c3)c45)c2)cc1. The Kier molecular flexibility index (Phi) is 4.11. The molecule has 0 aliphatic heterocycles. The molecule has 0 unspecified atom stereocenters. The molecule has 0 saturated heterocycles. The fourth-order valence-electron chi connectivity index (χ4n) is 6.59. The Labute approximate surface area is 225 Å². The Hall–Kier alpha value is -5.14. The van der Waals surface area contributed by atoms with Gasteiger partial charge in [0.1, 0.15) is 0 Å². The summed E-state index contributed by atoms with van der Waals surface area (Å²) < 4.78 is 2.50. The van der Waals surface area contributed by atoms with Gasteiger partial charge in [-0.15, -0.1) is 0 Å². The van der Waals surface area contributed by atoms with Crippen LogP contribution in [0, 0.1) is 0 Å². The number of benzene rings is 7. The van der Waals surface area contributed by atoms with Crippen molar-refractivity contribution in [3.63, 3.8) is 0 Å². The van der Waals surface area contributed by atoms with Crippen molar-refractivity contribution in [2.24, 2.45) is 0 Å². The second kappa shape index (κ2) is 7.69. The van der Waals surface area contributed by atoms with E-state index in [0.717, 1.165) is 0 Å². The first-order chi connectivity index (χ1) is 19.3. The lowest BCUT2D eigenvalue weighted by Crippen LogP contribution is -1.82. The standard InChI is InChI=1S/C38H23N/c1-2-9-24(10-3-1)25-15-8-16-26(17-25)31-20-34-32-18-27-11-4-6-13-29(27)22-36(32)39-37-23-30-14-7-5-12-28(30)19-33(37)35(21-31)38(34)39/h1-23H. The third kappa shape index (κ3) is 2.96. The van der Waals surface area contributed by atoms with E-state index in [2.05, 4.69) is 144 Å². The molecule has 180 valence electrons.